The zero-order valence-corrected chi connectivity index (χ0v) is 26.9. The first-order chi connectivity index (χ1) is 19.0. The highest BCUT2D eigenvalue weighted by Crippen LogP contribution is 2.56. The van der Waals surface area contributed by atoms with E-state index >= 15 is 0 Å². The number of esters is 1. The quantitative estimate of drug-likeness (QED) is 0.0677. The number of aryl methyl sites for hydroxylation is 2. The van der Waals surface area contributed by atoms with Gasteiger partial charge in [0.1, 0.15) is 5.75 Å². The third kappa shape index (κ3) is 6.42. The van der Waals surface area contributed by atoms with E-state index in [4.69, 9.17) is 28.9 Å². The number of carbonyl (C=O) groups is 2. The molecule has 1 aliphatic carbocycles. The Hall–Kier alpha value is -2.36. The average Bonchev–Trinajstić information content (AvgIpc) is 2.94. The Labute approximate surface area is 240 Å². The number of ether oxygens (including phenoxy) is 4. The van der Waals surface area contributed by atoms with E-state index in [2.05, 4.69) is 32.5 Å². The number of fused-ring (bicyclic) bond motifs is 1. The van der Waals surface area contributed by atoms with Crippen molar-refractivity contribution >= 4 is 26.3 Å². The van der Waals surface area contributed by atoms with Gasteiger partial charge in [0, 0.05) is 32.5 Å². The van der Waals surface area contributed by atoms with E-state index < -0.39 is 49.7 Å². The highest BCUT2D eigenvalue weighted by Gasteiger charge is 2.58. The summed E-state index contributed by atoms with van der Waals surface area (Å²) in [5, 5.41) is 0. The molecule has 1 aromatic carbocycles. The highest BCUT2D eigenvalue weighted by atomic mass is 28.4. The molecule has 0 saturated heterocycles. The molecule has 40 heavy (non-hydrogen) atoms. The molecule has 0 radical (unpaired) electrons. The second-order valence-electron chi connectivity index (χ2n) is 11.2. The lowest BCUT2D eigenvalue weighted by Gasteiger charge is -2.51. The molecule has 10 heteroatoms. The fourth-order valence-electron chi connectivity index (χ4n) is 6.89. The summed E-state index contributed by atoms with van der Waals surface area (Å²) in [6, 6.07) is 5.68. The Balaban J connectivity index is 2.89. The fourth-order valence-corrected chi connectivity index (χ4v) is 10.5. The van der Waals surface area contributed by atoms with Gasteiger partial charge in [-0.25, -0.2) is 0 Å². The summed E-state index contributed by atoms with van der Waals surface area (Å²) in [7, 11) is 3.85. The summed E-state index contributed by atoms with van der Waals surface area (Å²) >= 11 is 0. The molecule has 0 N–H and O–H groups in total. The van der Waals surface area contributed by atoms with Gasteiger partial charge in [-0.2, -0.15) is 4.79 Å². The maximum absolute atomic E-state index is 14.1. The summed E-state index contributed by atoms with van der Waals surface area (Å²) in [6.45, 7) is 12.6. The molecule has 0 saturated carbocycles. The normalized spacial score (nSPS) is 20.4. The minimum atomic E-state index is -2.29. The molecule has 0 aromatic heterocycles. The van der Waals surface area contributed by atoms with E-state index in [1.54, 1.807) is 21.3 Å². The topological polar surface area (TPSA) is 117 Å². The average molecular weight is 577 g/mol. The smallest absolute Gasteiger partial charge is 0.323 e. The van der Waals surface area contributed by atoms with Crippen LogP contribution in [0.3, 0.4) is 0 Å². The van der Waals surface area contributed by atoms with Crippen LogP contribution in [-0.4, -0.2) is 71.9 Å². The maximum Gasteiger partial charge on any atom is 0.323 e. The number of hydrogen-bond acceptors (Lipinski definition) is 7. The molecule has 1 aromatic rings. The monoisotopic (exact) mass is 576 g/mol. The summed E-state index contributed by atoms with van der Waals surface area (Å²) in [5.41, 5.74) is 11.1. The predicted molar refractivity (Wildman–Crippen MR) is 156 cm³/mol. The molecule has 0 bridgehead atoms. The molecule has 2 rings (SSSR count). The molecule has 0 amide bonds. The van der Waals surface area contributed by atoms with Crippen molar-refractivity contribution in [2.24, 2.45) is 11.3 Å². The van der Waals surface area contributed by atoms with Gasteiger partial charge >= 0.3 is 12.2 Å². The van der Waals surface area contributed by atoms with Crippen LogP contribution in [0.15, 0.2) is 12.1 Å². The van der Waals surface area contributed by atoms with Crippen LogP contribution in [-0.2, 0) is 34.6 Å². The van der Waals surface area contributed by atoms with Crippen molar-refractivity contribution in [3.63, 3.8) is 0 Å². The largest absolute Gasteiger partial charge is 0.497 e. The summed E-state index contributed by atoms with van der Waals surface area (Å²) in [5.74, 6) is -1.13. The number of methoxy groups -OCH3 is 4. The Bertz CT molecular complexity index is 1080. The van der Waals surface area contributed by atoms with Crippen molar-refractivity contribution in [1.82, 2.24) is 0 Å². The minimum absolute atomic E-state index is 0.0463. The number of benzene rings is 1. The van der Waals surface area contributed by atoms with Crippen LogP contribution in [0, 0.1) is 18.3 Å². The van der Waals surface area contributed by atoms with E-state index in [-0.39, 0.29) is 6.42 Å². The van der Waals surface area contributed by atoms with Gasteiger partial charge in [0.05, 0.1) is 25.7 Å². The van der Waals surface area contributed by atoms with Gasteiger partial charge < -0.3 is 28.9 Å². The van der Waals surface area contributed by atoms with Crippen molar-refractivity contribution in [1.29, 1.82) is 0 Å². The van der Waals surface area contributed by atoms with Crippen molar-refractivity contribution in [2.45, 2.75) is 96.7 Å². The minimum Gasteiger partial charge on any atom is -0.497 e. The van der Waals surface area contributed by atoms with E-state index in [0.29, 0.717) is 18.4 Å². The van der Waals surface area contributed by atoms with Crippen LogP contribution >= 0.6 is 0 Å². The lowest BCUT2D eigenvalue weighted by molar-refractivity contribution is -0.196. The van der Waals surface area contributed by atoms with Gasteiger partial charge in [0.25, 0.3) is 0 Å². The lowest BCUT2D eigenvalue weighted by Crippen LogP contribution is -2.57. The maximum atomic E-state index is 14.1. The van der Waals surface area contributed by atoms with Gasteiger partial charge in [-0.1, -0.05) is 34.6 Å². The first-order valence-electron chi connectivity index (χ1n) is 14.2. The van der Waals surface area contributed by atoms with Crippen LogP contribution in [0.1, 0.15) is 70.1 Å². The molecule has 1 aliphatic rings. The Morgan fingerprint density at radius 3 is 2.23 bits per heavy atom. The molecule has 0 heterocycles. The number of hydrogen-bond donors (Lipinski definition) is 0. The fraction of sp³-hybridized carbons (Fsp3) is 0.700. The van der Waals surface area contributed by atoms with Crippen LogP contribution in [0.2, 0.25) is 17.6 Å². The predicted octanol–water partition coefficient (Wildman–Crippen LogP) is 5.49. The molecule has 224 valence electrons. The molecule has 0 aliphatic heterocycles. The molecule has 9 nitrogen and oxygen atoms in total. The van der Waals surface area contributed by atoms with E-state index in [1.807, 2.05) is 26.0 Å². The van der Waals surface area contributed by atoms with Gasteiger partial charge in [-0.05, 0) is 66.2 Å². The van der Waals surface area contributed by atoms with E-state index in [9.17, 15) is 9.59 Å². The van der Waals surface area contributed by atoms with Crippen LogP contribution < -0.4 is 4.74 Å². The summed E-state index contributed by atoms with van der Waals surface area (Å²) < 4.78 is 29.8. The van der Waals surface area contributed by atoms with E-state index in [1.165, 1.54) is 7.11 Å². The van der Waals surface area contributed by atoms with Gasteiger partial charge in [-0.3, -0.25) is 9.59 Å². The SMILES string of the molecule is CC[Si](CC)(O[C@@H](C(OC)OC)[C@@H](C)[C@]1(C(=O)OC)CCc2cc(OC)cc(C)c2[C@@H]1CC(=O)C=[N+]=[N-])C(C)C. The molecule has 0 spiro atoms. The molecule has 0 fully saturated rings. The molecule has 0 unspecified atom stereocenters. The van der Waals surface area contributed by atoms with Crippen LogP contribution in [0.5, 0.6) is 5.75 Å². The molecular weight excluding hydrogens is 528 g/mol. The molecule has 4 atom stereocenters. The Kier molecular flexibility index (Phi) is 12.3. The first kappa shape index (κ1) is 33.8. The number of rotatable bonds is 15. The Morgan fingerprint density at radius 2 is 1.75 bits per heavy atom. The highest BCUT2D eigenvalue weighted by molar-refractivity contribution is 6.75. The lowest BCUT2D eigenvalue weighted by atomic mass is 9.55. The summed E-state index contributed by atoms with van der Waals surface area (Å²) in [6.07, 6.45) is 0.503. The van der Waals surface area contributed by atoms with Gasteiger partial charge in [-0.15, -0.1) is 0 Å². The zero-order valence-electron chi connectivity index (χ0n) is 25.9. The number of nitrogens with zero attached hydrogens (tertiary/aromatic N) is 2. The Morgan fingerprint density at radius 1 is 1.12 bits per heavy atom. The van der Waals surface area contributed by atoms with Crippen LogP contribution in [0.25, 0.3) is 5.53 Å². The third-order valence-electron chi connectivity index (χ3n) is 9.29. The standard InChI is InChI=1S/C30H48N2O7Si/c1-11-40(12-2,19(3)4)39-27(28(36-8)37-9)21(6)30(29(34)38-10)14-13-22-16-24(35-7)15-20(5)26(22)25(30)17-23(33)18-32-31/h15-16,18-19,21,25,27-28H,11-14,17H2,1-10H3/t21-,25+,27-,30-/m1/s1. The number of Topliss-reactive ketones (excluding diaryl/α,β-unsaturated/α-hetero) is 1. The van der Waals surface area contributed by atoms with Crippen molar-refractivity contribution < 1.29 is 37.8 Å². The van der Waals surface area contributed by atoms with Gasteiger partial charge in [0.2, 0.25) is 5.78 Å². The third-order valence-corrected chi connectivity index (χ3v) is 14.5. The van der Waals surface area contributed by atoms with Gasteiger partial charge in [0.15, 0.2) is 14.6 Å². The van der Waals surface area contributed by atoms with Crippen molar-refractivity contribution in [2.75, 3.05) is 28.4 Å². The molecular formula is C30H48N2O7Si. The second kappa shape index (κ2) is 14.5. The second-order valence-corrected chi connectivity index (χ2v) is 16.1. The van der Waals surface area contributed by atoms with Crippen molar-refractivity contribution in [3.8, 4) is 5.75 Å². The summed E-state index contributed by atoms with van der Waals surface area (Å²) in [4.78, 5) is 30.1. The van der Waals surface area contributed by atoms with Crippen LogP contribution in [0.4, 0.5) is 0 Å². The number of carbonyl (C=O) groups excluding carboxylic acids is 2. The van der Waals surface area contributed by atoms with E-state index in [0.717, 1.165) is 40.7 Å². The first-order valence-corrected chi connectivity index (χ1v) is 16.6. The van der Waals surface area contributed by atoms with Crippen molar-refractivity contribution in [3.05, 3.63) is 34.4 Å². The number of ketones is 1. The zero-order chi connectivity index (χ0) is 30.3.